The van der Waals surface area contributed by atoms with Crippen LogP contribution in [0.3, 0.4) is 0 Å². The number of aryl methyl sites for hydroxylation is 1. The number of aromatic nitrogens is 2. The fraction of sp³-hybridized carbons (Fsp3) is 0.263. The summed E-state index contributed by atoms with van der Waals surface area (Å²) in [6.45, 7) is 5.58. The molecular formula is C19H15Cl3N4S2. The Morgan fingerprint density at radius 1 is 0.714 bits per heavy atom. The monoisotopic (exact) mass is 468 g/mol. The molecule has 1 aliphatic rings. The lowest BCUT2D eigenvalue weighted by atomic mass is 10.2. The first-order chi connectivity index (χ1) is 13.5. The van der Waals surface area contributed by atoms with Crippen LogP contribution in [0.15, 0.2) is 24.3 Å². The first-order valence-electron chi connectivity index (χ1n) is 8.81. The lowest BCUT2D eigenvalue weighted by molar-refractivity contribution is 0.651. The van der Waals surface area contributed by atoms with Crippen molar-refractivity contribution in [1.82, 2.24) is 9.97 Å². The van der Waals surface area contributed by atoms with Gasteiger partial charge < -0.3 is 9.80 Å². The predicted molar refractivity (Wildman–Crippen MR) is 123 cm³/mol. The van der Waals surface area contributed by atoms with Gasteiger partial charge in [-0.3, -0.25) is 0 Å². The molecule has 4 aromatic rings. The van der Waals surface area contributed by atoms with Gasteiger partial charge in [0.1, 0.15) is 5.52 Å². The maximum atomic E-state index is 6.36. The van der Waals surface area contributed by atoms with Gasteiger partial charge in [0, 0.05) is 26.2 Å². The molecular weight excluding hydrogens is 455 g/mol. The first kappa shape index (κ1) is 18.7. The van der Waals surface area contributed by atoms with E-state index in [1.54, 1.807) is 28.7 Å². The van der Waals surface area contributed by atoms with Gasteiger partial charge in [-0.1, -0.05) is 63.5 Å². The lowest BCUT2D eigenvalue weighted by Gasteiger charge is -2.34. The van der Waals surface area contributed by atoms with E-state index in [9.17, 15) is 0 Å². The highest BCUT2D eigenvalue weighted by molar-refractivity contribution is 7.23. The van der Waals surface area contributed by atoms with Crippen molar-refractivity contribution in [3.63, 3.8) is 0 Å². The van der Waals surface area contributed by atoms with Crippen molar-refractivity contribution in [2.75, 3.05) is 36.0 Å². The molecule has 0 unspecified atom stereocenters. The summed E-state index contributed by atoms with van der Waals surface area (Å²) in [7, 11) is 0. The molecule has 9 heteroatoms. The van der Waals surface area contributed by atoms with E-state index < -0.39 is 0 Å². The number of thiazole rings is 2. The fourth-order valence-electron chi connectivity index (χ4n) is 3.38. The topological polar surface area (TPSA) is 32.3 Å². The van der Waals surface area contributed by atoms with Crippen molar-refractivity contribution in [3.8, 4) is 0 Å². The minimum Gasteiger partial charge on any atom is -0.345 e. The molecule has 0 radical (unpaired) electrons. The number of fused-ring (bicyclic) bond motifs is 2. The molecule has 1 saturated heterocycles. The van der Waals surface area contributed by atoms with Crippen LogP contribution >= 0.6 is 57.5 Å². The van der Waals surface area contributed by atoms with Gasteiger partial charge in [-0.2, -0.15) is 0 Å². The third-order valence-electron chi connectivity index (χ3n) is 4.94. The van der Waals surface area contributed by atoms with Crippen LogP contribution in [-0.4, -0.2) is 36.1 Å². The second kappa shape index (κ2) is 7.18. The van der Waals surface area contributed by atoms with Gasteiger partial charge in [0.15, 0.2) is 10.3 Å². The summed E-state index contributed by atoms with van der Waals surface area (Å²) in [6.07, 6.45) is 0. The van der Waals surface area contributed by atoms with Crippen LogP contribution < -0.4 is 9.80 Å². The molecule has 2 aromatic carbocycles. The summed E-state index contributed by atoms with van der Waals surface area (Å²) in [4.78, 5) is 14.2. The van der Waals surface area contributed by atoms with Crippen molar-refractivity contribution < 1.29 is 0 Å². The Balaban J connectivity index is 1.38. The summed E-state index contributed by atoms with van der Waals surface area (Å²) in [5, 5.41) is 4.10. The fourth-order valence-corrected chi connectivity index (χ4v) is 6.33. The molecule has 0 N–H and O–H groups in total. The molecule has 0 atom stereocenters. The number of hydrogen-bond acceptors (Lipinski definition) is 6. The third kappa shape index (κ3) is 3.12. The van der Waals surface area contributed by atoms with Crippen LogP contribution in [0.4, 0.5) is 10.3 Å². The zero-order valence-corrected chi connectivity index (χ0v) is 18.8. The molecule has 4 nitrogen and oxygen atoms in total. The highest BCUT2D eigenvalue weighted by Crippen LogP contribution is 2.39. The molecule has 144 valence electrons. The van der Waals surface area contributed by atoms with Gasteiger partial charge in [-0.15, -0.1) is 0 Å². The van der Waals surface area contributed by atoms with Crippen LogP contribution in [0, 0.1) is 6.92 Å². The van der Waals surface area contributed by atoms with E-state index in [-0.39, 0.29) is 0 Å². The van der Waals surface area contributed by atoms with E-state index in [1.807, 2.05) is 18.2 Å². The van der Waals surface area contributed by atoms with Crippen molar-refractivity contribution in [1.29, 1.82) is 0 Å². The zero-order chi connectivity index (χ0) is 19.4. The Morgan fingerprint density at radius 2 is 1.18 bits per heavy atom. The summed E-state index contributed by atoms with van der Waals surface area (Å²) < 4.78 is 2.01. The standard InChI is InChI=1S/C19H15Cl3N4S2/c1-10-2-3-12(21)16-14(10)23-18(27-16)25-6-8-26(9-7-25)19-24-15-11(20)4-5-13(22)17(15)28-19/h2-5H,6-9H2,1H3. The SMILES string of the molecule is Cc1ccc(Cl)c2sc(N3CCN(c4nc5c(Cl)ccc(Cl)c5s4)CC3)nc12. The minimum atomic E-state index is 0.641. The Bertz CT molecular complexity index is 1020. The van der Waals surface area contributed by atoms with E-state index in [0.717, 1.165) is 67.5 Å². The lowest BCUT2D eigenvalue weighted by Crippen LogP contribution is -2.46. The number of anilines is 2. The molecule has 0 spiro atoms. The second-order valence-electron chi connectivity index (χ2n) is 6.72. The highest BCUT2D eigenvalue weighted by Gasteiger charge is 2.23. The van der Waals surface area contributed by atoms with Gasteiger partial charge in [0.2, 0.25) is 0 Å². The van der Waals surface area contributed by atoms with E-state index in [2.05, 4.69) is 16.7 Å². The quantitative estimate of drug-likeness (QED) is 0.335. The van der Waals surface area contributed by atoms with Gasteiger partial charge >= 0.3 is 0 Å². The van der Waals surface area contributed by atoms with Crippen LogP contribution in [0.1, 0.15) is 5.56 Å². The maximum absolute atomic E-state index is 6.36. The summed E-state index contributed by atoms with van der Waals surface area (Å²) >= 11 is 22.2. The Hall–Kier alpha value is -1.31. The Labute approximate surface area is 185 Å². The average Bonchev–Trinajstić information content (AvgIpc) is 3.34. The van der Waals surface area contributed by atoms with Crippen molar-refractivity contribution in [2.24, 2.45) is 0 Å². The highest BCUT2D eigenvalue weighted by atomic mass is 35.5. The predicted octanol–water partition coefficient (Wildman–Crippen LogP) is 6.50. The Kier molecular flexibility index (Phi) is 4.80. The van der Waals surface area contributed by atoms with E-state index in [0.29, 0.717) is 10.0 Å². The molecule has 0 aliphatic carbocycles. The van der Waals surface area contributed by atoms with Crippen LogP contribution in [0.2, 0.25) is 15.1 Å². The number of piperazine rings is 1. The largest absolute Gasteiger partial charge is 0.345 e. The van der Waals surface area contributed by atoms with Gasteiger partial charge in [0.25, 0.3) is 0 Å². The molecule has 1 aliphatic heterocycles. The van der Waals surface area contributed by atoms with Gasteiger partial charge in [-0.25, -0.2) is 9.97 Å². The van der Waals surface area contributed by atoms with Gasteiger partial charge in [0.05, 0.1) is 30.0 Å². The molecule has 0 amide bonds. The minimum absolute atomic E-state index is 0.641. The summed E-state index contributed by atoms with van der Waals surface area (Å²) in [6, 6.07) is 7.60. The van der Waals surface area contributed by atoms with E-state index >= 15 is 0 Å². The number of nitrogens with zero attached hydrogens (tertiary/aromatic N) is 4. The van der Waals surface area contributed by atoms with Crippen LogP contribution in [0.25, 0.3) is 20.4 Å². The van der Waals surface area contributed by atoms with Crippen LogP contribution in [0.5, 0.6) is 0 Å². The van der Waals surface area contributed by atoms with Gasteiger partial charge in [-0.05, 0) is 30.7 Å². The van der Waals surface area contributed by atoms with Crippen molar-refractivity contribution in [3.05, 3.63) is 44.9 Å². The summed E-state index contributed by atoms with van der Waals surface area (Å²) in [5.41, 5.74) is 2.95. The molecule has 5 rings (SSSR count). The normalized spacial score (nSPS) is 15.1. The number of rotatable bonds is 2. The maximum Gasteiger partial charge on any atom is 0.186 e. The zero-order valence-electron chi connectivity index (χ0n) is 14.9. The van der Waals surface area contributed by atoms with Crippen LogP contribution in [-0.2, 0) is 0 Å². The molecule has 3 heterocycles. The van der Waals surface area contributed by atoms with Crippen molar-refractivity contribution >= 4 is 88.2 Å². The van der Waals surface area contributed by atoms with Crippen molar-refractivity contribution in [2.45, 2.75) is 6.92 Å². The first-order valence-corrected chi connectivity index (χ1v) is 11.6. The average molecular weight is 470 g/mol. The molecule has 2 aromatic heterocycles. The Morgan fingerprint density at radius 3 is 1.71 bits per heavy atom. The molecule has 0 saturated carbocycles. The third-order valence-corrected chi connectivity index (χ3v) is 8.40. The molecule has 0 bridgehead atoms. The second-order valence-corrected chi connectivity index (χ2v) is 9.89. The number of benzene rings is 2. The molecule has 1 fully saturated rings. The summed E-state index contributed by atoms with van der Waals surface area (Å²) in [5.74, 6) is 0. The smallest absolute Gasteiger partial charge is 0.186 e. The molecule has 28 heavy (non-hydrogen) atoms. The number of halogens is 3. The van der Waals surface area contributed by atoms with E-state index in [1.165, 1.54) is 0 Å². The van der Waals surface area contributed by atoms with E-state index in [4.69, 9.17) is 44.8 Å². The number of hydrogen-bond donors (Lipinski definition) is 0.